The Bertz CT molecular complexity index is 535. The van der Waals surface area contributed by atoms with Crippen molar-refractivity contribution in [2.75, 3.05) is 0 Å². The number of rotatable bonds is 4. The largest absolute Gasteiger partial charge is 0.273 e. The first-order chi connectivity index (χ1) is 8.74. The van der Waals surface area contributed by atoms with E-state index in [4.69, 9.17) is 11.6 Å². The number of halogens is 1. The molecule has 0 saturated heterocycles. The third-order valence-electron chi connectivity index (χ3n) is 2.19. The minimum Gasteiger partial charge on any atom is -0.273 e. The Labute approximate surface area is 114 Å². The molecule has 0 bridgehead atoms. The Morgan fingerprint density at radius 2 is 2.11 bits per heavy atom. The molecule has 0 aliphatic heterocycles. The third-order valence-corrected chi connectivity index (χ3v) is 3.32. The lowest BCUT2D eigenvalue weighted by atomic mass is 10.2. The molecule has 0 spiro atoms. The fourth-order valence-electron chi connectivity index (χ4n) is 1.34. The first kappa shape index (κ1) is 12.8. The summed E-state index contributed by atoms with van der Waals surface area (Å²) in [6.07, 6.45) is 1.94. The Kier molecular flexibility index (Phi) is 4.50. The Morgan fingerprint density at radius 1 is 1.33 bits per heavy atom. The van der Waals surface area contributed by atoms with Crippen molar-refractivity contribution in [1.29, 1.82) is 0 Å². The van der Waals surface area contributed by atoms with Crippen molar-refractivity contribution in [2.24, 2.45) is 5.10 Å². The van der Waals surface area contributed by atoms with Crippen LogP contribution in [-0.2, 0) is 11.2 Å². The van der Waals surface area contributed by atoms with E-state index in [1.807, 2.05) is 29.6 Å². The first-order valence-corrected chi connectivity index (χ1v) is 6.59. The standard InChI is InChI=1S/C13H11ClN2OS/c14-11-5-3-10(4-6-11)9-15-16-13(17)8-12-2-1-7-18-12/h1-7,9H,8H2,(H,16,17)/b15-9+. The molecule has 2 aromatic rings. The van der Waals surface area contributed by atoms with Crippen LogP contribution >= 0.6 is 22.9 Å². The highest BCUT2D eigenvalue weighted by Gasteiger charge is 2.01. The number of nitrogens with one attached hydrogen (secondary N) is 1. The number of thiophene rings is 1. The zero-order chi connectivity index (χ0) is 12.8. The number of nitrogens with zero attached hydrogens (tertiary/aromatic N) is 1. The minimum atomic E-state index is -0.123. The van der Waals surface area contributed by atoms with Crippen LogP contribution in [0.15, 0.2) is 46.9 Å². The summed E-state index contributed by atoms with van der Waals surface area (Å²) in [7, 11) is 0. The van der Waals surface area contributed by atoms with Crippen molar-refractivity contribution in [3.05, 3.63) is 57.2 Å². The quantitative estimate of drug-likeness (QED) is 0.678. The number of carbonyl (C=O) groups is 1. The normalized spacial score (nSPS) is 10.7. The summed E-state index contributed by atoms with van der Waals surface area (Å²) in [6, 6.07) is 11.1. The second-order valence-corrected chi connectivity index (χ2v) is 5.07. The van der Waals surface area contributed by atoms with Gasteiger partial charge in [0, 0.05) is 9.90 Å². The van der Waals surface area contributed by atoms with Crippen LogP contribution < -0.4 is 5.43 Å². The van der Waals surface area contributed by atoms with Gasteiger partial charge in [0.1, 0.15) is 0 Å². The van der Waals surface area contributed by atoms with E-state index in [-0.39, 0.29) is 5.91 Å². The molecule has 92 valence electrons. The lowest BCUT2D eigenvalue weighted by Gasteiger charge is -1.97. The molecule has 3 nitrogen and oxygen atoms in total. The van der Waals surface area contributed by atoms with Gasteiger partial charge in [-0.2, -0.15) is 5.10 Å². The molecule has 0 atom stereocenters. The van der Waals surface area contributed by atoms with Crippen molar-refractivity contribution < 1.29 is 4.79 Å². The molecular formula is C13H11ClN2OS. The topological polar surface area (TPSA) is 41.5 Å². The van der Waals surface area contributed by atoms with E-state index in [1.54, 1.807) is 29.7 Å². The molecule has 1 N–H and O–H groups in total. The smallest absolute Gasteiger partial charge is 0.245 e. The number of benzene rings is 1. The second kappa shape index (κ2) is 6.33. The summed E-state index contributed by atoms with van der Waals surface area (Å²) in [5, 5.41) is 6.51. The van der Waals surface area contributed by atoms with E-state index >= 15 is 0 Å². The van der Waals surface area contributed by atoms with Gasteiger partial charge in [-0.25, -0.2) is 5.43 Å². The van der Waals surface area contributed by atoms with Gasteiger partial charge in [0.2, 0.25) is 5.91 Å². The number of hydrazone groups is 1. The Morgan fingerprint density at radius 3 is 2.78 bits per heavy atom. The monoisotopic (exact) mass is 278 g/mol. The van der Waals surface area contributed by atoms with Crippen LogP contribution in [0.5, 0.6) is 0 Å². The van der Waals surface area contributed by atoms with Gasteiger partial charge in [-0.15, -0.1) is 11.3 Å². The van der Waals surface area contributed by atoms with Crippen LogP contribution in [0.4, 0.5) is 0 Å². The van der Waals surface area contributed by atoms with E-state index in [1.165, 1.54) is 0 Å². The minimum absolute atomic E-state index is 0.123. The van der Waals surface area contributed by atoms with Crippen LogP contribution in [0.25, 0.3) is 0 Å². The highest BCUT2D eigenvalue weighted by Crippen LogP contribution is 2.09. The molecule has 18 heavy (non-hydrogen) atoms. The van der Waals surface area contributed by atoms with Gasteiger partial charge in [-0.1, -0.05) is 29.8 Å². The lowest BCUT2D eigenvalue weighted by Crippen LogP contribution is -2.19. The predicted molar refractivity (Wildman–Crippen MR) is 75.2 cm³/mol. The van der Waals surface area contributed by atoms with Gasteiger partial charge >= 0.3 is 0 Å². The fraction of sp³-hybridized carbons (Fsp3) is 0.0769. The van der Waals surface area contributed by atoms with Crippen molar-refractivity contribution in [2.45, 2.75) is 6.42 Å². The van der Waals surface area contributed by atoms with Crippen molar-refractivity contribution in [1.82, 2.24) is 5.43 Å². The zero-order valence-electron chi connectivity index (χ0n) is 9.47. The molecule has 1 amide bonds. The molecular weight excluding hydrogens is 268 g/mol. The predicted octanol–water partition coefficient (Wildman–Crippen LogP) is 3.09. The summed E-state index contributed by atoms with van der Waals surface area (Å²) in [4.78, 5) is 12.5. The van der Waals surface area contributed by atoms with E-state index in [0.717, 1.165) is 10.4 Å². The second-order valence-electron chi connectivity index (χ2n) is 3.60. The maximum Gasteiger partial charge on any atom is 0.245 e. The van der Waals surface area contributed by atoms with E-state index < -0.39 is 0 Å². The summed E-state index contributed by atoms with van der Waals surface area (Å²) in [5.41, 5.74) is 3.37. The van der Waals surface area contributed by atoms with E-state index in [0.29, 0.717) is 11.4 Å². The molecule has 1 aromatic heterocycles. The van der Waals surface area contributed by atoms with Crippen LogP contribution in [0.2, 0.25) is 5.02 Å². The Balaban J connectivity index is 1.84. The maximum atomic E-state index is 11.5. The number of amides is 1. The molecule has 5 heteroatoms. The highest BCUT2D eigenvalue weighted by atomic mass is 35.5. The summed E-state index contributed by atoms with van der Waals surface area (Å²) < 4.78 is 0. The van der Waals surface area contributed by atoms with Gasteiger partial charge in [0.15, 0.2) is 0 Å². The van der Waals surface area contributed by atoms with Crippen molar-refractivity contribution in [3.63, 3.8) is 0 Å². The molecule has 1 aromatic carbocycles. The zero-order valence-corrected chi connectivity index (χ0v) is 11.0. The molecule has 1 heterocycles. The first-order valence-electron chi connectivity index (χ1n) is 5.34. The van der Waals surface area contributed by atoms with Crippen LogP contribution in [0.1, 0.15) is 10.4 Å². The maximum absolute atomic E-state index is 11.5. The van der Waals surface area contributed by atoms with Crippen LogP contribution in [0, 0.1) is 0 Å². The average molecular weight is 279 g/mol. The van der Waals surface area contributed by atoms with Crippen LogP contribution in [0.3, 0.4) is 0 Å². The molecule has 2 rings (SSSR count). The number of hydrogen-bond donors (Lipinski definition) is 1. The average Bonchev–Trinajstić information content (AvgIpc) is 2.84. The molecule has 0 unspecified atom stereocenters. The molecule has 0 aliphatic carbocycles. The number of hydrogen-bond acceptors (Lipinski definition) is 3. The van der Waals surface area contributed by atoms with Gasteiger partial charge in [0.25, 0.3) is 0 Å². The highest BCUT2D eigenvalue weighted by molar-refractivity contribution is 7.10. The lowest BCUT2D eigenvalue weighted by molar-refractivity contribution is -0.120. The Hall–Kier alpha value is -1.65. The molecule has 0 fully saturated rings. The molecule has 0 saturated carbocycles. The van der Waals surface area contributed by atoms with E-state index in [9.17, 15) is 4.79 Å². The van der Waals surface area contributed by atoms with Gasteiger partial charge < -0.3 is 0 Å². The van der Waals surface area contributed by atoms with Crippen molar-refractivity contribution >= 4 is 35.1 Å². The summed E-state index contributed by atoms with van der Waals surface area (Å²) >= 11 is 7.32. The van der Waals surface area contributed by atoms with Gasteiger partial charge in [-0.3, -0.25) is 4.79 Å². The van der Waals surface area contributed by atoms with E-state index in [2.05, 4.69) is 10.5 Å². The van der Waals surface area contributed by atoms with Gasteiger partial charge in [0.05, 0.1) is 12.6 Å². The SMILES string of the molecule is O=C(Cc1cccs1)N/N=C/c1ccc(Cl)cc1. The molecule has 0 radical (unpaired) electrons. The third kappa shape index (κ3) is 3.98. The van der Waals surface area contributed by atoms with Crippen LogP contribution in [-0.4, -0.2) is 12.1 Å². The number of carbonyl (C=O) groups excluding carboxylic acids is 1. The summed E-state index contributed by atoms with van der Waals surface area (Å²) in [5.74, 6) is -0.123. The van der Waals surface area contributed by atoms with Crippen molar-refractivity contribution in [3.8, 4) is 0 Å². The molecule has 0 aliphatic rings. The summed E-state index contributed by atoms with van der Waals surface area (Å²) in [6.45, 7) is 0. The van der Waals surface area contributed by atoms with Gasteiger partial charge in [-0.05, 0) is 29.1 Å². The fourth-order valence-corrected chi connectivity index (χ4v) is 2.17.